The number of benzene rings is 2. The van der Waals surface area contributed by atoms with Crippen molar-refractivity contribution < 1.29 is 141 Å². The number of ether oxygens (including phenoxy) is 3. The third-order valence-corrected chi connectivity index (χ3v) is 27.4. The Morgan fingerprint density at radius 1 is 0.673 bits per heavy atom. The summed E-state index contributed by atoms with van der Waals surface area (Å²) in [4.78, 5) is 271. The summed E-state index contributed by atoms with van der Waals surface area (Å²) in [5.41, 5.74) is 12.1. The Hall–Kier alpha value is -13.4. The van der Waals surface area contributed by atoms with E-state index in [1.165, 1.54) is 66.2 Å². The minimum absolute atomic E-state index is 0.00951. The number of aromatic hydroxyl groups is 1. The molecule has 0 spiro atoms. The number of thioether (sulfide) groups is 1. The van der Waals surface area contributed by atoms with Crippen molar-refractivity contribution >= 4 is 163 Å². The lowest BCUT2D eigenvalue weighted by Crippen LogP contribution is -2.59. The van der Waals surface area contributed by atoms with Crippen molar-refractivity contribution in [1.29, 1.82) is 0 Å². The number of aromatic nitrogens is 4. The van der Waals surface area contributed by atoms with E-state index < -0.39 is 262 Å². The van der Waals surface area contributed by atoms with Crippen molar-refractivity contribution in [3.05, 3.63) is 103 Å². The van der Waals surface area contributed by atoms with Crippen LogP contribution in [0.15, 0.2) is 81.0 Å². The van der Waals surface area contributed by atoms with E-state index in [0.29, 0.717) is 59.7 Å². The number of esters is 2. The zero-order valence-electron chi connectivity index (χ0n) is 83.4. The van der Waals surface area contributed by atoms with Gasteiger partial charge in [0.25, 0.3) is 11.5 Å². The van der Waals surface area contributed by atoms with Crippen molar-refractivity contribution in [3.8, 4) is 5.75 Å². The highest BCUT2D eigenvalue weighted by Gasteiger charge is 2.42. The van der Waals surface area contributed by atoms with E-state index in [4.69, 9.17) is 19.9 Å². The predicted molar refractivity (Wildman–Crippen MR) is 536 cm³/mol. The van der Waals surface area contributed by atoms with E-state index in [1.54, 1.807) is 24.5 Å². The lowest BCUT2D eigenvalue weighted by Gasteiger charge is -2.40. The summed E-state index contributed by atoms with van der Waals surface area (Å²) >= 11 is 1.17. The van der Waals surface area contributed by atoms with Crippen LogP contribution in [0.3, 0.4) is 0 Å². The molecule has 53 heteroatoms. The molecule has 0 radical (unpaired) electrons. The topological polar surface area (TPSA) is 757 Å². The lowest BCUT2D eigenvalue weighted by molar-refractivity contribution is -0.160. The van der Waals surface area contributed by atoms with Crippen molar-refractivity contribution in [2.45, 2.75) is 263 Å². The fourth-order valence-electron chi connectivity index (χ4n) is 15.1. The molecule has 1 unspecified atom stereocenters. The number of nitrogens with zero attached hydrogens (tertiary/aromatic N) is 5. The molecule has 0 aliphatic carbocycles. The average Bonchev–Trinajstić information content (AvgIpc) is 1.80. The number of anilines is 2. The van der Waals surface area contributed by atoms with E-state index >= 15 is 4.79 Å². The summed E-state index contributed by atoms with van der Waals surface area (Å²) in [6.45, 7) is 12.3. The normalized spacial score (nSPS) is 16.0. The number of hydrazine groups is 1. The van der Waals surface area contributed by atoms with Gasteiger partial charge in [-0.2, -0.15) is 4.98 Å². The number of phenolic OH excluding ortho intramolecular Hbond substituents is 1. The Bertz CT molecular complexity index is 5330. The Balaban J connectivity index is 1.01. The van der Waals surface area contributed by atoms with Crippen LogP contribution in [0.1, 0.15) is 193 Å². The van der Waals surface area contributed by atoms with Gasteiger partial charge in [-0.25, -0.2) is 29.8 Å². The molecular weight excluding hydrogens is 1990 g/mol. The number of nitrogens with two attached hydrogens (primary N) is 1. The molecule has 4 heterocycles. The Kier molecular flexibility index (Phi) is 52.1. The summed E-state index contributed by atoms with van der Waals surface area (Å²) in [7, 11) is 3.69. The van der Waals surface area contributed by atoms with Gasteiger partial charge < -0.3 is 124 Å². The van der Waals surface area contributed by atoms with Gasteiger partial charge in [-0.1, -0.05) is 105 Å². The molecule has 1 fully saturated rings. The number of nitrogens with one attached hydrogen (secondary N) is 14. The zero-order valence-corrected chi connectivity index (χ0v) is 85.9. The van der Waals surface area contributed by atoms with Crippen LogP contribution in [-0.4, -0.2) is 321 Å². The van der Waals surface area contributed by atoms with Gasteiger partial charge in [0.1, 0.15) is 66.9 Å². The number of nitrogen functional groups attached to an aromatic ring is 1. The molecule has 4 aromatic rings. The van der Waals surface area contributed by atoms with E-state index in [1.807, 2.05) is 53.5 Å². The molecule has 6 rings (SSSR count). The summed E-state index contributed by atoms with van der Waals surface area (Å²) in [6.07, 6.45) is -5.82. The number of carbonyl (C=O) groups is 18. The monoisotopic (exact) mass is 2120 g/mol. The number of aromatic amines is 1. The first kappa shape index (κ1) is 122. The number of carboxylic acid groups (broad SMARTS) is 3. The van der Waals surface area contributed by atoms with Gasteiger partial charge in [0.05, 0.1) is 50.3 Å². The van der Waals surface area contributed by atoms with Crippen molar-refractivity contribution in [2.75, 3.05) is 75.7 Å². The van der Waals surface area contributed by atoms with Gasteiger partial charge in [0.15, 0.2) is 17.9 Å². The minimum Gasteiger partial charge on any atom is -0.508 e. The number of carboxylic acids is 3. The van der Waals surface area contributed by atoms with Crippen molar-refractivity contribution in [3.63, 3.8) is 0 Å². The smallest absolute Gasteiger partial charge is 0.426 e. The number of fused-ring (bicyclic) bond motifs is 1. The van der Waals surface area contributed by atoms with Crippen molar-refractivity contribution in [1.82, 2.24) is 93.8 Å². The van der Waals surface area contributed by atoms with Gasteiger partial charge in [0.2, 0.25) is 70.9 Å². The van der Waals surface area contributed by atoms with E-state index in [-0.39, 0.29) is 110 Å². The van der Waals surface area contributed by atoms with Gasteiger partial charge in [-0.15, -0.1) is 0 Å². The molecule has 24 N–H and O–H groups in total. The highest BCUT2D eigenvalue weighted by atomic mass is 33.1. The Morgan fingerprint density at radius 3 is 1.95 bits per heavy atom. The fourth-order valence-corrected chi connectivity index (χ4v) is 18.2. The first-order valence-corrected chi connectivity index (χ1v) is 51.3. The molecule has 2 aliphatic heterocycles. The van der Waals surface area contributed by atoms with Crippen LogP contribution in [0.2, 0.25) is 0 Å². The largest absolute Gasteiger partial charge is 0.508 e. The molecule has 2 aromatic heterocycles. The molecule has 2 aromatic carbocycles. The van der Waals surface area contributed by atoms with E-state index in [0.717, 1.165) is 46.9 Å². The maximum atomic E-state index is 15.2. The second kappa shape index (κ2) is 62.6. The summed E-state index contributed by atoms with van der Waals surface area (Å²) in [5, 5.41) is 108. The third kappa shape index (κ3) is 42.6. The highest BCUT2D eigenvalue weighted by molar-refractivity contribution is 8.76. The molecule has 13 amide bonds. The maximum absolute atomic E-state index is 15.2. The number of hydrogen-bond donors (Lipinski definition) is 23. The molecule has 147 heavy (non-hydrogen) atoms. The molecule has 15 atom stereocenters. The predicted octanol–water partition coefficient (Wildman–Crippen LogP) is 0.147. The van der Waals surface area contributed by atoms with E-state index in [9.17, 15) is 127 Å². The average molecular weight is 2120 g/mol. The number of H-pyrrole nitrogens is 1. The number of rotatable bonds is 61. The number of likely N-dealkylation sites (N-methyl/N-ethyl adjacent to an activating group) is 1. The third-order valence-electron chi connectivity index (χ3n) is 23.8. The second-order valence-electron chi connectivity index (χ2n) is 35.8. The van der Waals surface area contributed by atoms with Crippen LogP contribution in [0.25, 0.3) is 11.2 Å². The Labute approximate surface area is 859 Å². The second-order valence-corrected chi connectivity index (χ2v) is 39.3. The standard InChI is InChI=1S/C94H136N20O30S3/c1-11-15-76(126)143-48-114(90(136)77(50(5)12-2)108-88(134)66-16-13-14-35-113(66)10)67(49(3)4)40-70(144-54(9)116)80-51(6)17-20-57(46-145-80)85(131)103-59(39-55-18-25-61(117)26-19-55)38-52(7)82(128)111-112-94(141)142-36-37-146-147-47-65(92(139)140)107-87(133)62(27-30-71(120)96-34-33-68(118)79(127)69(119)45-115)105-86(132)63(29-32-75(124)125)104-83(129)53(8)101-74(123)44-99-73(122)43-98-72(121)31-28-64(91(137)138)106-84(130)56-21-23-58(24-22-56)97-41-60-42-100-81-78(102-60)89(135)110-93(95)109-81/h18-19,21-26,42,46,49-50,52-53,59,62-70,77,79,97,115,117-119,127H,11-17,20,27-41,43-45,47-48H2,1-10H3,(H,96,120)(H,98,121)(H,99,122)(H,101,123)(H,103,131)(H,104,129)(H,105,132)(H,106,130)(H,107,133)(H,108,134)(H,111,128)(H,112,141)(H,124,125)(H,137,138)(H,139,140)(H3,95,100,109,110,135)/t50?,52-,53-,59+,62-,63+,64+,65+,66+,67+,68+,69+,70+,77-,79-/m0/s1. The van der Waals surface area contributed by atoms with E-state index in [2.05, 4.69) is 89.3 Å². The number of aliphatic hydroxyl groups is 4. The maximum Gasteiger partial charge on any atom is 0.426 e. The van der Waals surface area contributed by atoms with Gasteiger partial charge in [-0.05, 0) is 157 Å². The van der Waals surface area contributed by atoms with Gasteiger partial charge >= 0.3 is 35.9 Å². The molecule has 1 saturated heterocycles. The number of aliphatic hydroxyl groups excluding tert-OH is 4. The van der Waals surface area contributed by atoms with Crippen LogP contribution < -0.4 is 80.6 Å². The number of carbonyl (C=O) groups excluding carboxylic acids is 15. The number of hydrogen-bond acceptors (Lipinski definition) is 36. The molecule has 0 bridgehead atoms. The summed E-state index contributed by atoms with van der Waals surface area (Å²) in [6, 6.07) is 0.446. The first-order valence-electron chi connectivity index (χ1n) is 47.9. The van der Waals surface area contributed by atoms with Crippen LogP contribution >= 0.6 is 33.3 Å². The van der Waals surface area contributed by atoms with Crippen LogP contribution in [0, 0.1) is 17.8 Å². The number of amides is 13. The summed E-state index contributed by atoms with van der Waals surface area (Å²) in [5.74, 6) is -18.0. The zero-order chi connectivity index (χ0) is 109. The number of phenols is 1. The molecule has 50 nitrogen and oxygen atoms in total. The summed E-state index contributed by atoms with van der Waals surface area (Å²) < 4.78 is 17.1. The molecular formula is C94H136N20O30S3. The quantitative estimate of drug-likeness (QED) is 0.00698. The number of aliphatic carboxylic acids is 3. The van der Waals surface area contributed by atoms with Gasteiger partial charge in [0, 0.05) is 96.8 Å². The number of likely N-dealkylation sites (tertiary alicyclic amines) is 1. The van der Waals surface area contributed by atoms with Gasteiger partial charge in [-0.3, -0.25) is 92.0 Å². The first-order chi connectivity index (χ1) is 69.7. The molecule has 0 saturated carbocycles. The minimum atomic E-state index is -1.85. The highest BCUT2D eigenvalue weighted by Crippen LogP contribution is 2.38. The number of allylic oxidation sites excluding steroid dienone is 1. The number of piperidine rings is 1. The van der Waals surface area contributed by atoms with Crippen LogP contribution in [-0.2, 0) is 104 Å². The lowest BCUT2D eigenvalue weighted by atomic mass is 9.91. The van der Waals surface area contributed by atoms with Crippen LogP contribution in [0.5, 0.6) is 5.75 Å². The molecule has 2 aliphatic rings. The fraction of sp³-hybridized carbons (Fsp3) is 0.574. The SMILES string of the molecule is CCCC(=O)OCN(C(=O)[C@@H](NC(=O)[C@H]1CCCCN1C)C(C)CC)[C@H](C[C@@H](OC(C)=O)C1=C(C)CCC(C(=O)N[C@@H](Cc2ccc(O)cc2)C[C@H](C)C(=O)NNC(=O)OCCSSC[C@@H](NC(=O)[C@H](CCC(=O)NCC[C@@H](O)[C@H](O)[C@H](O)CO)NC(=O)[C@@H](CCC(=O)O)NC(=O)[C@H](C)NC(=O)CNC(=O)CNC(=O)CC[C@@H](NC(=O)c2ccc(NCc3cnc4nc(N)[nH]c(=O)c4n3)cc2)C(=O)O)C(=O)O)=CS1)C(C)C. The molecule has 810 valence electrons. The van der Waals surface area contributed by atoms with Crippen molar-refractivity contribution in [2.24, 2.45) is 17.8 Å². The van der Waals surface area contributed by atoms with Crippen LogP contribution in [0.4, 0.5) is 16.4 Å². The Morgan fingerprint density at radius 2 is 1.31 bits per heavy atom.